The van der Waals surface area contributed by atoms with Crippen molar-refractivity contribution in [2.45, 2.75) is 39.5 Å². The highest BCUT2D eigenvalue weighted by molar-refractivity contribution is 5.78. The molecule has 0 spiro atoms. The molecular weight excluding hydrogens is 268 g/mol. The van der Waals surface area contributed by atoms with Gasteiger partial charge in [0.1, 0.15) is 0 Å². The second kappa shape index (κ2) is 7.67. The third-order valence-corrected chi connectivity index (χ3v) is 3.46. The summed E-state index contributed by atoms with van der Waals surface area (Å²) in [5.74, 6) is -0.830. The second-order valence-corrected chi connectivity index (χ2v) is 6.08. The van der Waals surface area contributed by atoms with E-state index < -0.39 is 5.97 Å². The Balaban J connectivity index is 2.31. The van der Waals surface area contributed by atoms with Crippen molar-refractivity contribution in [2.24, 2.45) is 5.41 Å². The maximum atomic E-state index is 11.8. The van der Waals surface area contributed by atoms with Gasteiger partial charge in [-0.1, -0.05) is 26.0 Å². The van der Waals surface area contributed by atoms with Crippen LogP contribution in [0.25, 0.3) is 0 Å². The first-order chi connectivity index (χ1) is 9.78. The number of carboxylic acids is 1. The van der Waals surface area contributed by atoms with Crippen molar-refractivity contribution in [1.82, 2.24) is 5.32 Å². The van der Waals surface area contributed by atoms with Gasteiger partial charge >= 0.3 is 5.97 Å². The third-order valence-electron chi connectivity index (χ3n) is 3.46. The lowest BCUT2D eigenvalue weighted by Crippen LogP contribution is -2.29. The van der Waals surface area contributed by atoms with Gasteiger partial charge in [-0.3, -0.25) is 9.59 Å². The van der Waals surface area contributed by atoms with Crippen LogP contribution in [0, 0.1) is 5.41 Å². The van der Waals surface area contributed by atoms with E-state index in [0.717, 1.165) is 12.0 Å². The highest BCUT2D eigenvalue weighted by Gasteiger charge is 2.19. The molecule has 0 radical (unpaired) electrons. The van der Waals surface area contributed by atoms with E-state index in [1.165, 1.54) is 0 Å². The zero-order valence-electron chi connectivity index (χ0n) is 12.7. The number of aliphatic carboxylic acids is 1. The summed E-state index contributed by atoms with van der Waals surface area (Å²) >= 11 is 0. The van der Waals surface area contributed by atoms with Crippen molar-refractivity contribution in [3.05, 3.63) is 29.8 Å². The van der Waals surface area contributed by atoms with Gasteiger partial charge < -0.3 is 16.2 Å². The van der Waals surface area contributed by atoms with Gasteiger partial charge in [-0.15, -0.1) is 0 Å². The molecule has 0 aromatic heterocycles. The molecule has 5 heteroatoms. The van der Waals surface area contributed by atoms with E-state index in [1.807, 2.05) is 26.0 Å². The van der Waals surface area contributed by atoms with E-state index in [0.29, 0.717) is 25.1 Å². The van der Waals surface area contributed by atoms with Gasteiger partial charge in [0.15, 0.2) is 0 Å². The molecule has 0 fully saturated rings. The lowest BCUT2D eigenvalue weighted by atomic mass is 9.84. The minimum Gasteiger partial charge on any atom is -0.481 e. The van der Waals surface area contributed by atoms with E-state index in [2.05, 4.69) is 5.32 Å². The Labute approximate surface area is 125 Å². The number of hydrogen-bond acceptors (Lipinski definition) is 3. The van der Waals surface area contributed by atoms with Gasteiger partial charge in [-0.05, 0) is 36.0 Å². The fourth-order valence-electron chi connectivity index (χ4n) is 2.06. The van der Waals surface area contributed by atoms with Gasteiger partial charge in [-0.2, -0.15) is 0 Å². The fourth-order valence-corrected chi connectivity index (χ4v) is 2.06. The number of nitrogens with two attached hydrogens (primary N) is 1. The molecule has 0 unspecified atom stereocenters. The van der Waals surface area contributed by atoms with Crippen LogP contribution in [0.5, 0.6) is 0 Å². The van der Waals surface area contributed by atoms with E-state index in [1.54, 1.807) is 12.1 Å². The molecule has 1 amide bonds. The molecule has 0 saturated heterocycles. The minimum atomic E-state index is -0.784. The number of anilines is 1. The SMILES string of the molecule is CC(C)(CCNC(=O)Cc1cccc(N)c1)CCC(=O)O. The first kappa shape index (κ1) is 17.0. The normalized spacial score (nSPS) is 11.1. The monoisotopic (exact) mass is 292 g/mol. The van der Waals surface area contributed by atoms with E-state index in [4.69, 9.17) is 10.8 Å². The number of nitrogen functional groups attached to an aromatic ring is 1. The molecule has 5 nitrogen and oxygen atoms in total. The number of nitrogens with one attached hydrogen (secondary N) is 1. The van der Waals surface area contributed by atoms with Crippen molar-refractivity contribution >= 4 is 17.6 Å². The lowest BCUT2D eigenvalue weighted by Gasteiger charge is -2.23. The standard InChI is InChI=1S/C16H24N2O3/c1-16(2,7-6-15(20)21)8-9-18-14(19)11-12-4-3-5-13(17)10-12/h3-5,10H,6-9,11,17H2,1-2H3,(H,18,19)(H,20,21). The minimum absolute atomic E-state index is 0.0466. The number of hydrogen-bond donors (Lipinski definition) is 3. The molecule has 0 aliphatic rings. The summed E-state index contributed by atoms with van der Waals surface area (Å²) in [7, 11) is 0. The molecule has 0 aliphatic carbocycles. The van der Waals surface area contributed by atoms with Gasteiger partial charge in [0.05, 0.1) is 6.42 Å². The predicted octanol–water partition coefficient (Wildman–Crippen LogP) is 2.21. The maximum Gasteiger partial charge on any atom is 0.303 e. The van der Waals surface area contributed by atoms with Crippen LogP contribution in [0.15, 0.2) is 24.3 Å². The summed E-state index contributed by atoms with van der Waals surface area (Å²) < 4.78 is 0. The number of rotatable bonds is 8. The second-order valence-electron chi connectivity index (χ2n) is 6.08. The summed E-state index contributed by atoms with van der Waals surface area (Å²) in [5, 5.41) is 11.6. The van der Waals surface area contributed by atoms with E-state index in [-0.39, 0.29) is 17.7 Å². The summed E-state index contributed by atoms with van der Waals surface area (Å²) in [6.45, 7) is 4.58. The molecule has 0 aliphatic heterocycles. The Morgan fingerprint density at radius 2 is 2.00 bits per heavy atom. The average Bonchev–Trinajstić information content (AvgIpc) is 2.36. The Bertz CT molecular complexity index is 498. The number of amides is 1. The van der Waals surface area contributed by atoms with Crippen molar-refractivity contribution in [2.75, 3.05) is 12.3 Å². The van der Waals surface area contributed by atoms with E-state index >= 15 is 0 Å². The summed E-state index contributed by atoms with van der Waals surface area (Å²) in [5.41, 5.74) is 7.11. The number of benzene rings is 1. The third kappa shape index (κ3) is 7.34. The lowest BCUT2D eigenvalue weighted by molar-refractivity contribution is -0.137. The molecule has 116 valence electrons. The van der Waals surface area contributed by atoms with Gasteiger partial charge in [-0.25, -0.2) is 0 Å². The molecular formula is C16H24N2O3. The average molecular weight is 292 g/mol. The van der Waals surface area contributed by atoms with Crippen LogP contribution in [-0.2, 0) is 16.0 Å². The van der Waals surface area contributed by atoms with Gasteiger partial charge in [0.2, 0.25) is 5.91 Å². The molecule has 1 aromatic rings. The number of carbonyl (C=O) groups is 2. The molecule has 1 aromatic carbocycles. The first-order valence-corrected chi connectivity index (χ1v) is 7.11. The molecule has 0 bridgehead atoms. The topological polar surface area (TPSA) is 92.4 Å². The number of carboxylic acid groups (broad SMARTS) is 1. The number of carbonyl (C=O) groups excluding carboxylic acids is 1. The smallest absolute Gasteiger partial charge is 0.303 e. The van der Waals surface area contributed by atoms with Crippen LogP contribution in [0.3, 0.4) is 0 Å². The van der Waals surface area contributed by atoms with Crippen LogP contribution in [-0.4, -0.2) is 23.5 Å². The summed E-state index contributed by atoms with van der Waals surface area (Å²) in [4.78, 5) is 22.4. The predicted molar refractivity (Wildman–Crippen MR) is 82.8 cm³/mol. The molecule has 0 atom stereocenters. The Kier molecular flexibility index (Phi) is 6.21. The zero-order valence-corrected chi connectivity index (χ0v) is 12.7. The maximum absolute atomic E-state index is 11.8. The van der Waals surface area contributed by atoms with Crippen molar-refractivity contribution in [3.63, 3.8) is 0 Å². The van der Waals surface area contributed by atoms with Crippen LogP contribution in [0.1, 0.15) is 38.7 Å². The Morgan fingerprint density at radius 1 is 1.29 bits per heavy atom. The summed E-state index contributed by atoms with van der Waals surface area (Å²) in [6, 6.07) is 7.27. The zero-order chi connectivity index (χ0) is 15.9. The van der Waals surface area contributed by atoms with Crippen molar-refractivity contribution < 1.29 is 14.7 Å². The van der Waals surface area contributed by atoms with Crippen LogP contribution in [0.4, 0.5) is 5.69 Å². The van der Waals surface area contributed by atoms with Crippen LogP contribution >= 0.6 is 0 Å². The molecule has 21 heavy (non-hydrogen) atoms. The van der Waals surface area contributed by atoms with Crippen molar-refractivity contribution in [3.8, 4) is 0 Å². The molecule has 1 rings (SSSR count). The van der Waals surface area contributed by atoms with Gasteiger partial charge in [0, 0.05) is 18.7 Å². The van der Waals surface area contributed by atoms with Crippen molar-refractivity contribution in [1.29, 1.82) is 0 Å². The quantitative estimate of drug-likeness (QED) is 0.640. The first-order valence-electron chi connectivity index (χ1n) is 7.11. The molecule has 0 saturated carbocycles. The fraction of sp³-hybridized carbons (Fsp3) is 0.500. The van der Waals surface area contributed by atoms with E-state index in [9.17, 15) is 9.59 Å². The highest BCUT2D eigenvalue weighted by Crippen LogP contribution is 2.25. The highest BCUT2D eigenvalue weighted by atomic mass is 16.4. The summed E-state index contributed by atoms with van der Waals surface area (Å²) in [6.07, 6.45) is 1.82. The van der Waals surface area contributed by atoms with Gasteiger partial charge in [0.25, 0.3) is 0 Å². The molecule has 0 heterocycles. The Hall–Kier alpha value is -2.04. The largest absolute Gasteiger partial charge is 0.481 e. The van der Waals surface area contributed by atoms with Crippen LogP contribution < -0.4 is 11.1 Å². The Morgan fingerprint density at radius 3 is 2.62 bits per heavy atom. The van der Waals surface area contributed by atoms with Crippen LogP contribution in [0.2, 0.25) is 0 Å². The molecule has 4 N–H and O–H groups in total.